The van der Waals surface area contributed by atoms with Gasteiger partial charge in [-0.2, -0.15) is 0 Å². The van der Waals surface area contributed by atoms with Crippen LogP contribution in [0.5, 0.6) is 0 Å². The van der Waals surface area contributed by atoms with Crippen LogP contribution in [0.2, 0.25) is 10.0 Å². The zero-order valence-corrected chi connectivity index (χ0v) is 11.9. The maximum Gasteiger partial charge on any atom is 0.258 e. The van der Waals surface area contributed by atoms with Crippen LogP contribution in [-0.2, 0) is 0 Å². The second-order valence-corrected chi connectivity index (χ2v) is 5.53. The van der Waals surface area contributed by atoms with Crippen molar-refractivity contribution in [3.8, 4) is 0 Å². The number of halogens is 2. The number of rotatable bonds is 3. The summed E-state index contributed by atoms with van der Waals surface area (Å²) < 4.78 is 0. The van der Waals surface area contributed by atoms with E-state index in [1.807, 2.05) is 0 Å². The fourth-order valence-electron chi connectivity index (χ4n) is 1.79. The number of hydrogen-bond donors (Lipinski definition) is 1. The molecule has 0 unspecified atom stereocenters. The highest BCUT2D eigenvalue weighted by atomic mass is 35.5. The Kier molecular flexibility index (Phi) is 3.59. The molecule has 0 spiro atoms. The van der Waals surface area contributed by atoms with Gasteiger partial charge in [0.15, 0.2) is 0 Å². The van der Waals surface area contributed by atoms with Crippen molar-refractivity contribution in [3.63, 3.8) is 0 Å². The first-order valence-electron chi connectivity index (χ1n) is 6.22. The molecule has 0 atom stereocenters. The Hall–Kier alpha value is -1.65. The summed E-state index contributed by atoms with van der Waals surface area (Å²) in [5.74, 6) is 0.987. The monoisotopic (exact) mass is 307 g/mol. The summed E-state index contributed by atoms with van der Waals surface area (Å²) in [6, 6.07) is 4.89. The van der Waals surface area contributed by atoms with Gasteiger partial charge in [-0.25, -0.2) is 9.97 Å². The number of amides is 1. The molecule has 0 saturated heterocycles. The third-order valence-corrected chi connectivity index (χ3v) is 3.60. The van der Waals surface area contributed by atoms with E-state index in [1.54, 1.807) is 30.6 Å². The highest BCUT2D eigenvalue weighted by Crippen LogP contribution is 2.37. The summed E-state index contributed by atoms with van der Waals surface area (Å²) >= 11 is 11.8. The molecule has 1 N–H and O–H groups in total. The van der Waals surface area contributed by atoms with Gasteiger partial charge in [-0.1, -0.05) is 23.2 Å². The predicted octanol–water partition coefficient (Wildman–Crippen LogP) is 3.91. The summed E-state index contributed by atoms with van der Waals surface area (Å²) in [4.78, 5) is 20.5. The van der Waals surface area contributed by atoms with Gasteiger partial charge in [-0.15, -0.1) is 0 Å². The van der Waals surface area contributed by atoms with Gasteiger partial charge in [0, 0.05) is 23.3 Å². The van der Waals surface area contributed by atoms with Crippen LogP contribution < -0.4 is 5.32 Å². The van der Waals surface area contributed by atoms with Crippen LogP contribution in [0.3, 0.4) is 0 Å². The largest absolute Gasteiger partial charge is 0.321 e. The molecule has 2 aromatic rings. The number of aromatic nitrogens is 2. The van der Waals surface area contributed by atoms with E-state index in [0.717, 1.165) is 18.7 Å². The average Bonchev–Trinajstić information content (AvgIpc) is 3.26. The minimum atomic E-state index is -0.295. The first kappa shape index (κ1) is 13.3. The molecule has 0 aliphatic heterocycles. The van der Waals surface area contributed by atoms with Gasteiger partial charge < -0.3 is 5.32 Å². The smallest absolute Gasteiger partial charge is 0.258 e. The Morgan fingerprint density at radius 2 is 1.90 bits per heavy atom. The van der Waals surface area contributed by atoms with Crippen LogP contribution in [0, 0.1) is 0 Å². The molecule has 1 fully saturated rings. The van der Waals surface area contributed by atoms with Crippen LogP contribution >= 0.6 is 23.2 Å². The van der Waals surface area contributed by atoms with Crippen LogP contribution in [0.1, 0.15) is 34.9 Å². The van der Waals surface area contributed by atoms with Crippen molar-refractivity contribution in [3.05, 3.63) is 52.0 Å². The lowest BCUT2D eigenvalue weighted by atomic mass is 10.2. The molecule has 1 aromatic carbocycles. The van der Waals surface area contributed by atoms with E-state index in [2.05, 4.69) is 15.3 Å². The summed E-state index contributed by atoms with van der Waals surface area (Å²) in [5.41, 5.74) is 0.910. The van der Waals surface area contributed by atoms with Gasteiger partial charge in [-0.3, -0.25) is 4.79 Å². The molecule has 20 heavy (non-hydrogen) atoms. The molecule has 3 rings (SSSR count). The number of nitrogens with zero attached hydrogens (tertiary/aromatic N) is 2. The van der Waals surface area contributed by atoms with Crippen molar-refractivity contribution < 1.29 is 4.79 Å². The number of hydrogen-bond acceptors (Lipinski definition) is 3. The highest BCUT2D eigenvalue weighted by molar-refractivity contribution is 6.36. The molecule has 1 aromatic heterocycles. The quantitative estimate of drug-likeness (QED) is 0.935. The minimum absolute atomic E-state index is 0.295. The van der Waals surface area contributed by atoms with Crippen molar-refractivity contribution >= 4 is 34.8 Å². The lowest BCUT2D eigenvalue weighted by Gasteiger charge is -2.07. The molecule has 1 amide bonds. The molecule has 4 nitrogen and oxygen atoms in total. The lowest BCUT2D eigenvalue weighted by molar-refractivity contribution is 0.102. The summed E-state index contributed by atoms with van der Waals surface area (Å²) in [6.45, 7) is 0. The third-order valence-electron chi connectivity index (χ3n) is 3.06. The van der Waals surface area contributed by atoms with Gasteiger partial charge >= 0.3 is 0 Å². The summed E-state index contributed by atoms with van der Waals surface area (Å²) in [5, 5.41) is 3.62. The number of carbonyl (C=O) groups is 1. The van der Waals surface area contributed by atoms with E-state index in [0.29, 0.717) is 27.2 Å². The maximum absolute atomic E-state index is 12.1. The van der Waals surface area contributed by atoms with Crippen LogP contribution in [0.15, 0.2) is 30.6 Å². The van der Waals surface area contributed by atoms with Crippen molar-refractivity contribution in [2.24, 2.45) is 0 Å². The number of benzene rings is 1. The Balaban J connectivity index is 1.74. The van der Waals surface area contributed by atoms with Gasteiger partial charge in [0.1, 0.15) is 5.82 Å². The van der Waals surface area contributed by atoms with E-state index in [4.69, 9.17) is 23.2 Å². The Bertz CT molecular complexity index is 654. The minimum Gasteiger partial charge on any atom is -0.321 e. The van der Waals surface area contributed by atoms with Gasteiger partial charge in [-0.05, 0) is 31.0 Å². The van der Waals surface area contributed by atoms with E-state index >= 15 is 0 Å². The standard InChI is InChI=1S/C14H11Cl2N3O/c15-10-3-4-12(11(16)5-10)19-14(20)9-6-17-13(18-7-9)8-1-2-8/h3-8H,1-2H2,(H,19,20). The fraction of sp³-hybridized carbons (Fsp3) is 0.214. The number of anilines is 1. The second kappa shape index (κ2) is 5.38. The van der Waals surface area contributed by atoms with E-state index in [9.17, 15) is 4.79 Å². The van der Waals surface area contributed by atoms with Crippen LogP contribution in [-0.4, -0.2) is 15.9 Å². The SMILES string of the molecule is O=C(Nc1ccc(Cl)cc1Cl)c1cnc(C2CC2)nc1. The summed E-state index contributed by atoms with van der Waals surface area (Å²) in [6.07, 6.45) is 5.34. The summed E-state index contributed by atoms with van der Waals surface area (Å²) in [7, 11) is 0. The Morgan fingerprint density at radius 1 is 1.20 bits per heavy atom. The van der Waals surface area contributed by atoms with Crippen molar-refractivity contribution in [1.82, 2.24) is 9.97 Å². The zero-order chi connectivity index (χ0) is 14.1. The predicted molar refractivity (Wildman–Crippen MR) is 78.4 cm³/mol. The molecule has 1 saturated carbocycles. The van der Waals surface area contributed by atoms with E-state index in [-0.39, 0.29) is 5.91 Å². The molecule has 1 heterocycles. The van der Waals surface area contributed by atoms with Gasteiger partial charge in [0.25, 0.3) is 5.91 Å². The average molecular weight is 308 g/mol. The lowest BCUT2D eigenvalue weighted by Crippen LogP contribution is -2.13. The maximum atomic E-state index is 12.1. The molecule has 1 aliphatic rings. The van der Waals surface area contributed by atoms with Crippen LogP contribution in [0.4, 0.5) is 5.69 Å². The fourth-order valence-corrected chi connectivity index (χ4v) is 2.25. The first-order valence-corrected chi connectivity index (χ1v) is 6.97. The molecule has 102 valence electrons. The first-order chi connectivity index (χ1) is 9.63. The molecule has 1 aliphatic carbocycles. The zero-order valence-electron chi connectivity index (χ0n) is 10.4. The van der Waals surface area contributed by atoms with E-state index in [1.165, 1.54) is 0 Å². The number of carbonyl (C=O) groups excluding carboxylic acids is 1. The van der Waals surface area contributed by atoms with E-state index < -0.39 is 0 Å². The van der Waals surface area contributed by atoms with Gasteiger partial charge in [0.05, 0.1) is 16.3 Å². The molecule has 0 radical (unpaired) electrons. The molecule has 0 bridgehead atoms. The van der Waals surface area contributed by atoms with Crippen molar-refractivity contribution in [1.29, 1.82) is 0 Å². The molecule has 6 heteroatoms. The Labute approximate surface area is 126 Å². The van der Waals surface area contributed by atoms with Crippen molar-refractivity contribution in [2.45, 2.75) is 18.8 Å². The molecular weight excluding hydrogens is 297 g/mol. The Morgan fingerprint density at radius 3 is 2.50 bits per heavy atom. The van der Waals surface area contributed by atoms with Crippen LogP contribution in [0.25, 0.3) is 0 Å². The topological polar surface area (TPSA) is 54.9 Å². The normalized spacial score (nSPS) is 14.1. The highest BCUT2D eigenvalue weighted by Gasteiger charge is 2.26. The number of nitrogens with one attached hydrogen (secondary N) is 1. The second-order valence-electron chi connectivity index (χ2n) is 4.68. The third kappa shape index (κ3) is 2.92. The van der Waals surface area contributed by atoms with Crippen molar-refractivity contribution in [2.75, 3.05) is 5.32 Å². The van der Waals surface area contributed by atoms with Gasteiger partial charge in [0.2, 0.25) is 0 Å². The molecular formula is C14H11Cl2N3O.